The van der Waals surface area contributed by atoms with Crippen LogP contribution in [0.2, 0.25) is 0 Å². The molecule has 5 rings (SSSR count). The zero-order valence-electron chi connectivity index (χ0n) is 16.5. The first kappa shape index (κ1) is 19.6. The quantitative estimate of drug-likeness (QED) is 0.242. The number of benzene rings is 3. The summed E-state index contributed by atoms with van der Waals surface area (Å²) in [5, 5.41) is 2.36. The molecule has 2 aliphatic rings. The van der Waals surface area contributed by atoms with E-state index in [1.165, 1.54) is 22.2 Å². The molecule has 3 nitrogen and oxygen atoms in total. The van der Waals surface area contributed by atoms with Gasteiger partial charge in [0.2, 0.25) is 5.72 Å². The van der Waals surface area contributed by atoms with Crippen LogP contribution in [0.4, 0.5) is 11.4 Å². The molecule has 0 aromatic heterocycles. The normalized spacial score (nSPS) is 21.3. The molecule has 0 amide bonds. The summed E-state index contributed by atoms with van der Waals surface area (Å²) in [5.74, 6) is 0.930. The minimum Gasteiger partial charge on any atom is -0.459 e. The van der Waals surface area contributed by atoms with Gasteiger partial charge in [-0.15, -0.1) is 0 Å². The molecular formula is C24H22I2N2O. The van der Waals surface area contributed by atoms with E-state index in [2.05, 4.69) is 125 Å². The van der Waals surface area contributed by atoms with Crippen LogP contribution in [0.15, 0.2) is 59.6 Å². The smallest absolute Gasteiger partial charge is 0.228 e. The lowest BCUT2D eigenvalue weighted by Gasteiger charge is -2.46. The molecule has 0 saturated heterocycles. The summed E-state index contributed by atoms with van der Waals surface area (Å²) >= 11 is 4.88. The van der Waals surface area contributed by atoms with Crippen LogP contribution in [-0.2, 0) is 9.84 Å². The average molecular weight is 608 g/mol. The van der Waals surface area contributed by atoms with Gasteiger partial charge in [-0.1, -0.05) is 87.6 Å². The van der Waals surface area contributed by atoms with Gasteiger partial charge in [-0.2, -0.15) is 0 Å². The third kappa shape index (κ3) is 2.69. The third-order valence-electron chi connectivity index (χ3n) is 6.30. The van der Waals surface area contributed by atoms with Crippen LogP contribution in [0.25, 0.3) is 10.8 Å². The van der Waals surface area contributed by atoms with Gasteiger partial charge in [-0.3, -0.25) is 4.99 Å². The van der Waals surface area contributed by atoms with Crippen LogP contribution in [-0.4, -0.2) is 22.9 Å². The number of alkyl halides is 2. The lowest BCUT2D eigenvalue weighted by atomic mass is 9.77. The van der Waals surface area contributed by atoms with E-state index in [9.17, 15) is 0 Å². The second kappa shape index (κ2) is 7.11. The maximum atomic E-state index is 7.04. The second-order valence-corrected chi connectivity index (χ2v) is 9.95. The lowest BCUT2D eigenvalue weighted by molar-refractivity contribution is 0.0783. The van der Waals surface area contributed by atoms with E-state index in [0.717, 1.165) is 32.2 Å². The molecule has 2 aliphatic heterocycles. The van der Waals surface area contributed by atoms with Crippen molar-refractivity contribution in [2.75, 3.05) is 15.9 Å². The Kier molecular flexibility index (Phi) is 4.81. The number of fused-ring (bicyclic) bond motifs is 4. The fourth-order valence-electron chi connectivity index (χ4n) is 4.77. The van der Waals surface area contributed by atoms with E-state index in [1.54, 1.807) is 0 Å². The van der Waals surface area contributed by atoms with Crippen molar-refractivity contribution in [1.82, 2.24) is 0 Å². The van der Waals surface area contributed by atoms with Crippen molar-refractivity contribution in [3.05, 3.63) is 65.7 Å². The Balaban J connectivity index is 1.76. The molecule has 1 atom stereocenters. The van der Waals surface area contributed by atoms with Gasteiger partial charge in [-0.05, 0) is 36.9 Å². The van der Waals surface area contributed by atoms with Gasteiger partial charge < -0.3 is 9.64 Å². The van der Waals surface area contributed by atoms with Crippen LogP contribution in [0.3, 0.4) is 0 Å². The largest absolute Gasteiger partial charge is 0.459 e. The Labute approximate surface area is 198 Å². The van der Waals surface area contributed by atoms with Gasteiger partial charge in [-0.25, -0.2) is 0 Å². The number of anilines is 1. The molecule has 3 aromatic rings. The fraction of sp³-hybridized carbons (Fsp3) is 0.292. The van der Waals surface area contributed by atoms with Crippen molar-refractivity contribution in [1.29, 1.82) is 0 Å². The summed E-state index contributed by atoms with van der Waals surface area (Å²) < 4.78 is 8.95. The summed E-state index contributed by atoms with van der Waals surface area (Å²) in [5.41, 5.74) is 3.87. The molecule has 29 heavy (non-hydrogen) atoms. The number of hydrogen-bond donors (Lipinski definition) is 0. The molecule has 0 fully saturated rings. The minimum atomic E-state index is -0.627. The summed E-state index contributed by atoms with van der Waals surface area (Å²) in [6.07, 6.45) is 2.06. The van der Waals surface area contributed by atoms with Crippen LogP contribution >= 0.6 is 45.2 Å². The van der Waals surface area contributed by atoms with E-state index in [1.807, 2.05) is 0 Å². The highest BCUT2D eigenvalue weighted by atomic mass is 127. The van der Waals surface area contributed by atoms with Gasteiger partial charge in [0, 0.05) is 32.0 Å². The first-order valence-electron chi connectivity index (χ1n) is 9.81. The highest BCUT2D eigenvalue weighted by Crippen LogP contribution is 2.55. The number of aliphatic imine (C=N–C) groups is 1. The first-order chi connectivity index (χ1) is 14.0. The molecule has 1 unspecified atom stereocenters. The molecule has 0 bridgehead atoms. The average Bonchev–Trinajstić information content (AvgIpc) is 2.92. The Bertz CT molecular complexity index is 1140. The molecular weight excluding hydrogens is 586 g/mol. The van der Waals surface area contributed by atoms with Crippen molar-refractivity contribution >= 4 is 73.5 Å². The monoisotopic (exact) mass is 608 g/mol. The van der Waals surface area contributed by atoms with E-state index in [0.29, 0.717) is 0 Å². The number of para-hydroxylation sites is 1. The Hall–Kier alpha value is -1.35. The highest BCUT2D eigenvalue weighted by Gasteiger charge is 2.59. The third-order valence-corrected chi connectivity index (χ3v) is 7.60. The molecule has 5 heteroatoms. The number of halogens is 2. The van der Waals surface area contributed by atoms with Gasteiger partial charge in [0.15, 0.2) is 5.75 Å². The molecule has 0 aliphatic carbocycles. The predicted molar refractivity (Wildman–Crippen MR) is 139 cm³/mol. The highest BCUT2D eigenvalue weighted by molar-refractivity contribution is 14.1. The number of nitrogens with zero attached hydrogens (tertiary/aromatic N) is 2. The Morgan fingerprint density at radius 3 is 2.59 bits per heavy atom. The Morgan fingerprint density at radius 1 is 1.03 bits per heavy atom. The molecule has 0 saturated carbocycles. The number of hydrogen-bond acceptors (Lipinski definition) is 3. The summed E-state index contributed by atoms with van der Waals surface area (Å²) in [6.45, 7) is 5.47. The first-order valence-corrected chi connectivity index (χ1v) is 12.9. The number of ether oxygens (including phenoxy) is 1. The topological polar surface area (TPSA) is 24.8 Å². The van der Waals surface area contributed by atoms with Crippen LogP contribution in [0.5, 0.6) is 5.75 Å². The van der Waals surface area contributed by atoms with Crippen molar-refractivity contribution in [3.8, 4) is 5.75 Å². The van der Waals surface area contributed by atoms with Gasteiger partial charge in [0.1, 0.15) is 5.69 Å². The Morgan fingerprint density at radius 2 is 1.79 bits per heavy atom. The minimum absolute atomic E-state index is 0.231. The zero-order valence-corrected chi connectivity index (χ0v) is 20.8. The van der Waals surface area contributed by atoms with Gasteiger partial charge in [0.05, 0.1) is 11.6 Å². The van der Waals surface area contributed by atoms with Crippen molar-refractivity contribution in [3.63, 3.8) is 0 Å². The van der Waals surface area contributed by atoms with Gasteiger partial charge in [0.25, 0.3) is 0 Å². The summed E-state index contributed by atoms with van der Waals surface area (Å²) in [7, 11) is 0. The van der Waals surface area contributed by atoms with Crippen LogP contribution < -0.4 is 9.64 Å². The van der Waals surface area contributed by atoms with E-state index in [4.69, 9.17) is 9.73 Å². The second-order valence-electron chi connectivity index (χ2n) is 8.11. The van der Waals surface area contributed by atoms with Crippen molar-refractivity contribution in [2.45, 2.75) is 29.4 Å². The molecule has 1 spiro atoms. The maximum Gasteiger partial charge on any atom is 0.228 e. The lowest BCUT2D eigenvalue weighted by Crippen LogP contribution is -2.62. The number of rotatable bonds is 3. The molecule has 0 radical (unpaired) electrons. The van der Waals surface area contributed by atoms with E-state index in [-0.39, 0.29) is 5.41 Å². The molecule has 148 valence electrons. The maximum absolute atomic E-state index is 7.04. The van der Waals surface area contributed by atoms with Crippen LogP contribution in [0.1, 0.15) is 25.0 Å². The van der Waals surface area contributed by atoms with E-state index < -0.39 is 5.72 Å². The molecule has 2 heterocycles. The molecule has 3 aromatic carbocycles. The van der Waals surface area contributed by atoms with Gasteiger partial charge >= 0.3 is 0 Å². The zero-order chi connectivity index (χ0) is 20.2. The standard InChI is InChI=1S/C24H22I2N2O/c1-23(2)19-9-5-6-10-20(19)28(12-11-25)24(23)15-27-21-18-8-4-3-7-16(18)13-17(14-26)22(21)29-24/h3-10,13,15H,11-12,14H2,1-2H3. The predicted octanol–water partition coefficient (Wildman–Crippen LogP) is 6.80. The van der Waals surface area contributed by atoms with Crippen molar-refractivity contribution < 1.29 is 4.74 Å². The fourth-order valence-corrected chi connectivity index (χ4v) is 5.82. The SMILES string of the molecule is CC1(C)c2ccccc2N(CCI)C12C=Nc1c(c(CI)cc3ccccc13)O2. The van der Waals surface area contributed by atoms with E-state index >= 15 is 0 Å². The van der Waals surface area contributed by atoms with Crippen LogP contribution in [0, 0.1) is 0 Å². The summed E-state index contributed by atoms with van der Waals surface area (Å²) in [6, 6.07) is 19.4. The molecule has 0 N–H and O–H groups in total. The van der Waals surface area contributed by atoms with Crippen molar-refractivity contribution in [2.24, 2.45) is 4.99 Å². The summed E-state index contributed by atoms with van der Waals surface area (Å²) in [4.78, 5) is 7.49.